The van der Waals surface area contributed by atoms with Crippen LogP contribution < -0.4 is 5.32 Å². The number of hydrogen-bond donors (Lipinski definition) is 1. The van der Waals surface area contributed by atoms with Crippen molar-refractivity contribution < 1.29 is 4.79 Å². The number of carbonyl (C=O) groups excluding carboxylic acids is 1. The lowest BCUT2D eigenvalue weighted by atomic mass is 10.0. The number of hydrogen-bond acceptors (Lipinski definition) is 2. The average Bonchev–Trinajstić information content (AvgIpc) is 2.17. The van der Waals surface area contributed by atoms with E-state index < -0.39 is 0 Å². The van der Waals surface area contributed by atoms with E-state index in [9.17, 15) is 4.79 Å². The maximum Gasteiger partial charge on any atom is 0.152 e. The number of Topliss-reactive ketones (excluding diaryl/α,β-unsaturated/α-hetero) is 1. The summed E-state index contributed by atoms with van der Waals surface area (Å²) < 4.78 is 0. The Bertz CT molecular complexity index is 175. The molecular weight excluding hydrogens is 150 g/mol. The molecule has 0 amide bonds. The van der Waals surface area contributed by atoms with Crippen molar-refractivity contribution in [3.05, 3.63) is 0 Å². The molecule has 1 saturated carbocycles. The predicted molar refractivity (Wildman–Crippen MR) is 50.0 cm³/mol. The zero-order valence-electron chi connectivity index (χ0n) is 8.42. The van der Waals surface area contributed by atoms with Crippen LogP contribution in [0.2, 0.25) is 0 Å². The molecule has 1 N–H and O–H groups in total. The second-order valence-electron chi connectivity index (χ2n) is 4.28. The molecule has 12 heavy (non-hydrogen) atoms. The SMILES string of the molecule is CC(C)N[C@H]1C[C@H](C)[C@H](C)C1=O. The zero-order chi connectivity index (χ0) is 9.30. The van der Waals surface area contributed by atoms with E-state index >= 15 is 0 Å². The van der Waals surface area contributed by atoms with E-state index in [4.69, 9.17) is 0 Å². The van der Waals surface area contributed by atoms with Gasteiger partial charge in [0.15, 0.2) is 5.78 Å². The second-order valence-corrected chi connectivity index (χ2v) is 4.28. The van der Waals surface area contributed by atoms with Gasteiger partial charge in [-0.3, -0.25) is 4.79 Å². The summed E-state index contributed by atoms with van der Waals surface area (Å²) in [6, 6.07) is 0.534. The van der Waals surface area contributed by atoms with Crippen LogP contribution in [0.4, 0.5) is 0 Å². The molecule has 1 fully saturated rings. The van der Waals surface area contributed by atoms with E-state index in [0.29, 0.717) is 17.7 Å². The van der Waals surface area contributed by atoms with Gasteiger partial charge in [-0.1, -0.05) is 27.7 Å². The Morgan fingerprint density at radius 1 is 1.42 bits per heavy atom. The smallest absolute Gasteiger partial charge is 0.152 e. The molecule has 1 aliphatic carbocycles. The minimum absolute atomic E-state index is 0.120. The number of ketones is 1. The molecule has 0 radical (unpaired) electrons. The van der Waals surface area contributed by atoms with Gasteiger partial charge < -0.3 is 5.32 Å². The van der Waals surface area contributed by atoms with Crippen LogP contribution in [0.5, 0.6) is 0 Å². The van der Waals surface area contributed by atoms with Crippen LogP contribution in [0.15, 0.2) is 0 Å². The summed E-state index contributed by atoms with van der Waals surface area (Å²) in [6.07, 6.45) is 1.01. The lowest BCUT2D eigenvalue weighted by Gasteiger charge is -2.14. The van der Waals surface area contributed by atoms with E-state index in [0.717, 1.165) is 6.42 Å². The van der Waals surface area contributed by atoms with Crippen molar-refractivity contribution in [3.8, 4) is 0 Å². The van der Waals surface area contributed by atoms with Gasteiger partial charge in [0.25, 0.3) is 0 Å². The van der Waals surface area contributed by atoms with E-state index in [1.54, 1.807) is 0 Å². The third-order valence-electron chi connectivity index (χ3n) is 2.79. The average molecular weight is 169 g/mol. The first-order valence-electron chi connectivity index (χ1n) is 4.82. The first kappa shape index (κ1) is 9.72. The lowest BCUT2D eigenvalue weighted by Crippen LogP contribution is -2.38. The molecular formula is C10H19NO. The quantitative estimate of drug-likeness (QED) is 0.680. The summed E-state index contributed by atoms with van der Waals surface area (Å²) >= 11 is 0. The second kappa shape index (κ2) is 3.56. The van der Waals surface area contributed by atoms with Crippen LogP contribution in [-0.2, 0) is 4.79 Å². The Morgan fingerprint density at radius 2 is 2.00 bits per heavy atom. The Kier molecular flexibility index (Phi) is 2.89. The number of carbonyl (C=O) groups is 1. The van der Waals surface area contributed by atoms with Crippen molar-refractivity contribution in [2.24, 2.45) is 11.8 Å². The molecule has 2 nitrogen and oxygen atoms in total. The van der Waals surface area contributed by atoms with Gasteiger partial charge in [-0.2, -0.15) is 0 Å². The van der Waals surface area contributed by atoms with Gasteiger partial charge in [-0.05, 0) is 12.3 Å². The zero-order valence-corrected chi connectivity index (χ0v) is 8.42. The molecule has 0 unspecified atom stereocenters. The third-order valence-corrected chi connectivity index (χ3v) is 2.79. The summed E-state index contributed by atoms with van der Waals surface area (Å²) in [6.45, 7) is 8.36. The van der Waals surface area contributed by atoms with E-state index in [1.165, 1.54) is 0 Å². The van der Waals surface area contributed by atoms with Crippen LogP contribution in [0.3, 0.4) is 0 Å². The van der Waals surface area contributed by atoms with Gasteiger partial charge in [-0.25, -0.2) is 0 Å². The van der Waals surface area contributed by atoms with Crippen molar-refractivity contribution in [2.75, 3.05) is 0 Å². The highest BCUT2D eigenvalue weighted by Gasteiger charge is 2.36. The molecule has 3 atom stereocenters. The summed E-state index contributed by atoms with van der Waals surface area (Å²) in [4.78, 5) is 11.6. The van der Waals surface area contributed by atoms with E-state index in [2.05, 4.69) is 26.1 Å². The van der Waals surface area contributed by atoms with Gasteiger partial charge in [0.1, 0.15) is 0 Å². The van der Waals surface area contributed by atoms with Crippen molar-refractivity contribution >= 4 is 5.78 Å². The van der Waals surface area contributed by atoms with Crippen LogP contribution in [-0.4, -0.2) is 17.9 Å². The Morgan fingerprint density at radius 3 is 2.33 bits per heavy atom. The van der Waals surface area contributed by atoms with Crippen molar-refractivity contribution in [2.45, 2.75) is 46.2 Å². The van der Waals surface area contributed by atoms with Crippen LogP contribution in [0.1, 0.15) is 34.1 Å². The number of nitrogens with one attached hydrogen (secondary N) is 1. The summed E-state index contributed by atoms with van der Waals surface area (Å²) in [5.41, 5.74) is 0. The fraction of sp³-hybridized carbons (Fsp3) is 0.900. The molecule has 0 aromatic carbocycles. The highest BCUT2D eigenvalue weighted by Crippen LogP contribution is 2.28. The highest BCUT2D eigenvalue weighted by atomic mass is 16.1. The minimum Gasteiger partial charge on any atom is -0.305 e. The highest BCUT2D eigenvalue weighted by molar-refractivity contribution is 5.88. The van der Waals surface area contributed by atoms with Crippen molar-refractivity contribution in [3.63, 3.8) is 0 Å². The summed E-state index contributed by atoms with van der Waals surface area (Å²) in [7, 11) is 0. The lowest BCUT2D eigenvalue weighted by molar-refractivity contribution is -0.122. The molecule has 0 aliphatic heterocycles. The van der Waals surface area contributed by atoms with Crippen LogP contribution in [0, 0.1) is 11.8 Å². The molecule has 1 aliphatic rings. The van der Waals surface area contributed by atoms with Crippen LogP contribution >= 0.6 is 0 Å². The minimum atomic E-state index is 0.120. The first-order valence-corrected chi connectivity index (χ1v) is 4.82. The molecule has 0 saturated heterocycles. The van der Waals surface area contributed by atoms with Gasteiger partial charge in [0.05, 0.1) is 6.04 Å². The van der Waals surface area contributed by atoms with Gasteiger partial charge in [0, 0.05) is 12.0 Å². The normalized spacial score (nSPS) is 36.4. The Labute approximate surface area is 74.7 Å². The van der Waals surface area contributed by atoms with Crippen molar-refractivity contribution in [1.82, 2.24) is 5.32 Å². The molecule has 0 heterocycles. The van der Waals surface area contributed by atoms with Crippen LogP contribution in [0.25, 0.3) is 0 Å². The summed E-state index contributed by atoms with van der Waals surface area (Å²) in [5, 5.41) is 3.30. The van der Waals surface area contributed by atoms with Gasteiger partial charge in [0.2, 0.25) is 0 Å². The number of rotatable bonds is 2. The first-order chi connectivity index (χ1) is 5.52. The Hall–Kier alpha value is -0.370. The largest absolute Gasteiger partial charge is 0.305 e. The monoisotopic (exact) mass is 169 g/mol. The maximum atomic E-state index is 11.6. The molecule has 1 rings (SSSR count). The summed E-state index contributed by atoms with van der Waals surface area (Å²) in [5.74, 6) is 1.20. The molecule has 0 bridgehead atoms. The molecule has 70 valence electrons. The topological polar surface area (TPSA) is 29.1 Å². The predicted octanol–water partition coefficient (Wildman–Crippen LogP) is 1.60. The Balaban J connectivity index is 2.53. The van der Waals surface area contributed by atoms with Crippen molar-refractivity contribution in [1.29, 1.82) is 0 Å². The molecule has 0 spiro atoms. The molecule has 0 aromatic rings. The molecule has 0 aromatic heterocycles. The molecule has 2 heteroatoms. The van der Waals surface area contributed by atoms with Gasteiger partial charge >= 0.3 is 0 Å². The third kappa shape index (κ3) is 1.86. The standard InChI is InChI=1S/C10H19NO/c1-6(2)11-9-5-7(3)8(4)10(9)12/h6-9,11H,5H2,1-4H3/t7-,8-,9-/m0/s1. The van der Waals surface area contributed by atoms with E-state index in [1.807, 2.05) is 6.92 Å². The fourth-order valence-electron chi connectivity index (χ4n) is 1.84. The van der Waals surface area contributed by atoms with E-state index in [-0.39, 0.29) is 12.0 Å². The fourth-order valence-corrected chi connectivity index (χ4v) is 1.84. The maximum absolute atomic E-state index is 11.6. The van der Waals surface area contributed by atoms with Gasteiger partial charge in [-0.15, -0.1) is 0 Å².